The summed E-state index contributed by atoms with van der Waals surface area (Å²) in [5.74, 6) is 0. The first-order valence-corrected chi connectivity index (χ1v) is 21.3. The van der Waals surface area contributed by atoms with Gasteiger partial charge in [0.15, 0.2) is 0 Å². The fourth-order valence-electron chi connectivity index (χ4n) is 5.69. The molecule has 0 saturated carbocycles. The fraction of sp³-hybridized carbons (Fsp3) is 1.00. The second-order valence-corrected chi connectivity index (χ2v) is 14.2. The summed E-state index contributed by atoms with van der Waals surface area (Å²) in [5, 5.41) is 0. The Labute approximate surface area is 298 Å². The van der Waals surface area contributed by atoms with Crippen LogP contribution < -0.4 is 5.73 Å². The van der Waals surface area contributed by atoms with Crippen molar-refractivity contribution in [3.05, 3.63) is 0 Å². The van der Waals surface area contributed by atoms with Crippen LogP contribution in [-0.2, 0) is 33.0 Å². The molecule has 3 N–H and O–H groups in total. The third-order valence-electron chi connectivity index (χ3n) is 8.70. The summed E-state index contributed by atoms with van der Waals surface area (Å²) in [6.45, 7) is 6.38. The molecule has 0 aromatic heterocycles. The predicted octanol–water partition coefficient (Wildman–Crippen LogP) is 11.4. The molecule has 2 unspecified atom stereocenters. The number of rotatable bonds is 43. The van der Waals surface area contributed by atoms with Gasteiger partial charge in [-0.25, -0.2) is 4.89 Å². The van der Waals surface area contributed by atoms with E-state index in [1.807, 2.05) is 0 Å². The molecule has 0 aromatic rings. The zero-order valence-electron chi connectivity index (χ0n) is 31.7. The van der Waals surface area contributed by atoms with Gasteiger partial charge in [-0.05, 0) is 12.8 Å². The molecule has 0 rings (SSSR count). The topological polar surface area (TPSA) is 111 Å². The Balaban J connectivity index is 3.74. The number of ether oxygens (including phenoxy) is 4. The van der Waals surface area contributed by atoms with Crippen molar-refractivity contribution in [3.63, 3.8) is 0 Å². The summed E-state index contributed by atoms with van der Waals surface area (Å²) in [6, 6.07) is 0. The van der Waals surface area contributed by atoms with E-state index in [0.29, 0.717) is 13.2 Å². The first kappa shape index (κ1) is 48.1. The quantitative estimate of drug-likeness (QED) is 0.0210. The van der Waals surface area contributed by atoms with Gasteiger partial charge < -0.3 is 34.1 Å². The highest BCUT2D eigenvalue weighted by atomic mass is 31.2. The van der Waals surface area contributed by atoms with E-state index in [-0.39, 0.29) is 33.5 Å². The van der Waals surface area contributed by atoms with Gasteiger partial charge in [0.1, 0.15) is 26.4 Å². The molecule has 48 heavy (non-hydrogen) atoms. The molecule has 10 heteroatoms. The molecule has 0 aliphatic carbocycles. The predicted molar refractivity (Wildman–Crippen MR) is 199 cm³/mol. The minimum Gasteiger partial charge on any atom is -0.355 e. The molecule has 0 radical (unpaired) electrons. The summed E-state index contributed by atoms with van der Waals surface area (Å²) in [6.07, 6.45) is 37.0. The van der Waals surface area contributed by atoms with Crippen molar-refractivity contribution in [2.75, 3.05) is 46.7 Å². The highest BCUT2D eigenvalue weighted by Gasteiger charge is 2.16. The summed E-state index contributed by atoms with van der Waals surface area (Å²) < 4.78 is 32.7. The van der Waals surface area contributed by atoms with Crippen LogP contribution in [0, 0.1) is 0 Å². The molecule has 9 nitrogen and oxygen atoms in total. The Kier molecular flexibility index (Phi) is 43.3. The second kappa shape index (κ2) is 43.2. The Hall–Kier alpha value is 0.0700. The molecule has 0 fully saturated rings. The van der Waals surface area contributed by atoms with Gasteiger partial charge in [-0.15, -0.1) is 0 Å². The van der Waals surface area contributed by atoms with Crippen LogP contribution in [-0.4, -0.2) is 57.7 Å². The highest BCUT2D eigenvalue weighted by molar-refractivity contribution is 7.40. The van der Waals surface area contributed by atoms with Crippen LogP contribution in [0.3, 0.4) is 0 Å². The fourth-order valence-corrected chi connectivity index (χ4v) is 6.17. The third kappa shape index (κ3) is 40.5. The van der Waals surface area contributed by atoms with E-state index >= 15 is 0 Å². The van der Waals surface area contributed by atoms with Crippen LogP contribution >= 0.6 is 8.60 Å². The molecular weight excluding hydrogens is 629 g/mol. The smallest absolute Gasteiger partial charge is 0.355 e. The Morgan fingerprint density at radius 2 is 0.854 bits per heavy atom. The normalized spacial score (nSPS) is 13.0. The third-order valence-corrected chi connectivity index (χ3v) is 9.30. The van der Waals surface area contributed by atoms with Crippen molar-refractivity contribution < 1.29 is 37.9 Å². The molecule has 0 amide bonds. The molecule has 0 aromatic carbocycles. The summed E-state index contributed by atoms with van der Waals surface area (Å²) in [5.41, 5.74) is 5.21. The first-order chi connectivity index (χ1) is 23.7. The Morgan fingerprint density at radius 1 is 0.479 bits per heavy atom. The van der Waals surface area contributed by atoms with Crippen LogP contribution in [0.4, 0.5) is 0 Å². The van der Waals surface area contributed by atoms with Crippen molar-refractivity contribution in [1.29, 1.82) is 0 Å². The average molecular weight is 710 g/mol. The standard InChI is InChI=1S/C38H80NO8P/c1-3-5-7-9-11-13-15-17-18-20-22-24-26-28-30-32-42-37-44-38(34-46-48(40)47-45-35-39)33-43-36-41-31-29-27-25-23-21-19-16-14-12-10-8-6-4-2/h38,40H,3-37,39H2,1-2H3. The monoisotopic (exact) mass is 710 g/mol. The molecule has 2 atom stereocenters. The van der Waals surface area contributed by atoms with E-state index in [0.717, 1.165) is 12.8 Å². The maximum absolute atomic E-state index is 9.76. The lowest BCUT2D eigenvalue weighted by Crippen LogP contribution is -2.27. The molecule has 0 saturated heterocycles. The minimum atomic E-state index is -2.21. The minimum absolute atomic E-state index is 0.0668. The van der Waals surface area contributed by atoms with E-state index in [2.05, 4.69) is 23.4 Å². The Bertz CT molecular complexity index is 581. The van der Waals surface area contributed by atoms with Crippen LogP contribution in [0.25, 0.3) is 0 Å². The maximum atomic E-state index is 9.76. The van der Waals surface area contributed by atoms with Crippen molar-refractivity contribution in [1.82, 2.24) is 0 Å². The van der Waals surface area contributed by atoms with Gasteiger partial charge >= 0.3 is 8.60 Å². The lowest BCUT2D eigenvalue weighted by atomic mass is 10.0. The van der Waals surface area contributed by atoms with Crippen molar-refractivity contribution in [2.45, 2.75) is 200 Å². The number of unbranched alkanes of at least 4 members (excludes halogenated alkanes) is 26. The van der Waals surface area contributed by atoms with Crippen molar-refractivity contribution >= 4 is 8.60 Å². The van der Waals surface area contributed by atoms with E-state index in [9.17, 15) is 4.89 Å². The van der Waals surface area contributed by atoms with Gasteiger partial charge in [-0.3, -0.25) is 0 Å². The number of hydrogen-bond acceptors (Lipinski definition) is 9. The largest absolute Gasteiger partial charge is 0.360 e. The van der Waals surface area contributed by atoms with Crippen LogP contribution in [0.1, 0.15) is 194 Å². The van der Waals surface area contributed by atoms with E-state index in [4.69, 9.17) is 29.2 Å². The van der Waals surface area contributed by atoms with Crippen molar-refractivity contribution in [3.8, 4) is 0 Å². The molecule has 290 valence electrons. The van der Waals surface area contributed by atoms with Crippen LogP contribution in [0.2, 0.25) is 0 Å². The molecule has 0 heterocycles. The molecule has 0 aliphatic rings. The van der Waals surface area contributed by atoms with Gasteiger partial charge in [0.2, 0.25) is 0 Å². The van der Waals surface area contributed by atoms with Gasteiger partial charge in [0.25, 0.3) is 0 Å². The second-order valence-electron chi connectivity index (χ2n) is 13.3. The van der Waals surface area contributed by atoms with Crippen LogP contribution in [0.15, 0.2) is 0 Å². The number of nitrogens with two attached hydrogens (primary N) is 1. The molecule has 0 spiro atoms. The SMILES string of the molecule is CCCCCCCCCCCCCCCCCOCOC(COCOCCCCCCCCCCCCCCC)COP(O)OOCN. The van der Waals surface area contributed by atoms with Gasteiger partial charge in [0.05, 0.1) is 13.2 Å². The summed E-state index contributed by atoms with van der Waals surface area (Å²) in [7, 11) is -2.21. The van der Waals surface area contributed by atoms with Gasteiger partial charge in [-0.1, -0.05) is 181 Å². The van der Waals surface area contributed by atoms with E-state index in [1.54, 1.807) is 0 Å². The summed E-state index contributed by atoms with van der Waals surface area (Å²) in [4.78, 5) is 14.3. The first-order valence-electron chi connectivity index (χ1n) is 20.2. The van der Waals surface area contributed by atoms with Crippen molar-refractivity contribution in [2.24, 2.45) is 5.73 Å². The molecular formula is C38H80NO8P. The van der Waals surface area contributed by atoms with Gasteiger partial charge in [-0.2, -0.15) is 4.67 Å². The highest BCUT2D eigenvalue weighted by Crippen LogP contribution is 2.33. The average Bonchev–Trinajstić information content (AvgIpc) is 3.10. The number of hydrogen-bond donors (Lipinski definition) is 2. The van der Waals surface area contributed by atoms with Crippen LogP contribution in [0.5, 0.6) is 0 Å². The zero-order chi connectivity index (χ0) is 34.9. The van der Waals surface area contributed by atoms with E-state index < -0.39 is 14.7 Å². The van der Waals surface area contributed by atoms with Gasteiger partial charge in [0, 0.05) is 13.2 Å². The molecule has 0 bridgehead atoms. The lowest BCUT2D eigenvalue weighted by molar-refractivity contribution is -0.215. The Morgan fingerprint density at radius 3 is 1.25 bits per heavy atom. The molecule has 0 aliphatic heterocycles. The lowest BCUT2D eigenvalue weighted by Gasteiger charge is -2.19. The maximum Gasteiger partial charge on any atom is 0.360 e. The summed E-state index contributed by atoms with van der Waals surface area (Å²) >= 11 is 0. The van der Waals surface area contributed by atoms with E-state index in [1.165, 1.54) is 167 Å². The zero-order valence-corrected chi connectivity index (χ0v) is 32.6.